The van der Waals surface area contributed by atoms with Crippen LogP contribution in [0.15, 0.2) is 0 Å². The monoisotopic (exact) mass is 651 g/mol. The molecule has 0 radical (unpaired) electrons. The molecule has 4 heteroatoms. The van der Waals surface area contributed by atoms with Crippen LogP contribution in [0.2, 0.25) is 0 Å². The standard InChI is InChI=1S/C42H86N2O2/c1-7-9-11-13-15-17-19-21-23-25-27-29-31-33-35-37-39-44(43(6)41(45)46-42(3,4)5)40-38-36-34-32-30-28-26-24-22-20-18-16-14-12-10-8-2/h7-40H2,1-6H3. The molecule has 0 saturated carbocycles. The van der Waals surface area contributed by atoms with Gasteiger partial charge >= 0.3 is 6.09 Å². The summed E-state index contributed by atoms with van der Waals surface area (Å²) in [5, 5.41) is 4.00. The third kappa shape index (κ3) is 33.1. The highest BCUT2D eigenvalue weighted by molar-refractivity contribution is 5.67. The SMILES string of the molecule is CCCCCCCCCCCCCCCCCCN(CCCCCCCCCCCCCCCCCC)N(C)C(=O)OC(C)(C)C. The molecule has 0 atom stereocenters. The van der Waals surface area contributed by atoms with Gasteiger partial charge in [0.25, 0.3) is 0 Å². The number of carbonyl (C=O) groups excluding carboxylic acids is 1. The van der Waals surface area contributed by atoms with Crippen molar-refractivity contribution in [1.29, 1.82) is 0 Å². The van der Waals surface area contributed by atoms with E-state index in [4.69, 9.17) is 4.74 Å². The quantitative estimate of drug-likeness (QED) is 0.0505. The topological polar surface area (TPSA) is 32.8 Å². The van der Waals surface area contributed by atoms with Crippen LogP contribution in [-0.4, -0.2) is 41.8 Å². The number of nitrogens with zero attached hydrogens (tertiary/aromatic N) is 2. The molecular formula is C42H86N2O2. The molecule has 1 amide bonds. The van der Waals surface area contributed by atoms with E-state index in [-0.39, 0.29) is 6.09 Å². The fourth-order valence-corrected chi connectivity index (χ4v) is 6.54. The van der Waals surface area contributed by atoms with Gasteiger partial charge in [-0.05, 0) is 33.6 Å². The largest absolute Gasteiger partial charge is 0.443 e. The minimum absolute atomic E-state index is 0.222. The Hall–Kier alpha value is -0.770. The van der Waals surface area contributed by atoms with E-state index in [1.54, 1.807) is 5.01 Å². The van der Waals surface area contributed by atoms with Crippen molar-refractivity contribution in [3.8, 4) is 0 Å². The second-order valence-corrected chi connectivity index (χ2v) is 15.6. The summed E-state index contributed by atoms with van der Waals surface area (Å²) in [5.74, 6) is 0. The summed E-state index contributed by atoms with van der Waals surface area (Å²) in [4.78, 5) is 12.8. The molecule has 0 heterocycles. The number of hydrogen-bond donors (Lipinski definition) is 0. The van der Waals surface area contributed by atoms with Crippen molar-refractivity contribution in [1.82, 2.24) is 10.0 Å². The highest BCUT2D eigenvalue weighted by Crippen LogP contribution is 2.17. The fourth-order valence-electron chi connectivity index (χ4n) is 6.54. The molecule has 0 aromatic rings. The van der Waals surface area contributed by atoms with Crippen molar-refractivity contribution < 1.29 is 9.53 Å². The Morgan fingerprint density at radius 2 is 0.630 bits per heavy atom. The Bertz CT molecular complexity index is 581. The second-order valence-electron chi connectivity index (χ2n) is 15.6. The van der Waals surface area contributed by atoms with Crippen LogP contribution in [0.1, 0.15) is 240 Å². The Morgan fingerprint density at radius 1 is 0.413 bits per heavy atom. The first-order valence-corrected chi connectivity index (χ1v) is 21.0. The van der Waals surface area contributed by atoms with Crippen LogP contribution >= 0.6 is 0 Å². The number of unbranched alkanes of at least 4 members (excludes halogenated alkanes) is 30. The molecule has 0 rings (SSSR count). The van der Waals surface area contributed by atoms with Crippen molar-refractivity contribution >= 4 is 6.09 Å². The first kappa shape index (κ1) is 45.2. The van der Waals surface area contributed by atoms with Gasteiger partial charge in [-0.3, -0.25) is 0 Å². The van der Waals surface area contributed by atoms with Gasteiger partial charge in [0.15, 0.2) is 0 Å². The zero-order chi connectivity index (χ0) is 34.0. The van der Waals surface area contributed by atoms with Gasteiger partial charge in [-0.1, -0.05) is 206 Å². The average molecular weight is 651 g/mol. The summed E-state index contributed by atoms with van der Waals surface area (Å²) in [7, 11) is 1.90. The van der Waals surface area contributed by atoms with E-state index in [9.17, 15) is 4.79 Å². The van der Waals surface area contributed by atoms with Crippen LogP contribution in [-0.2, 0) is 4.74 Å². The summed E-state index contributed by atoms with van der Waals surface area (Å²) in [6, 6.07) is 0. The number of hydrogen-bond acceptors (Lipinski definition) is 3. The zero-order valence-corrected chi connectivity index (χ0v) is 32.8. The number of ether oxygens (including phenoxy) is 1. The molecular weight excluding hydrogens is 564 g/mol. The third-order valence-electron chi connectivity index (χ3n) is 9.62. The van der Waals surface area contributed by atoms with E-state index in [0.717, 1.165) is 25.9 Å². The molecule has 4 nitrogen and oxygen atoms in total. The maximum atomic E-state index is 12.8. The predicted octanol–water partition coefficient (Wildman–Crippen LogP) is 14.6. The van der Waals surface area contributed by atoms with Gasteiger partial charge in [0.2, 0.25) is 0 Å². The molecule has 0 aromatic heterocycles. The van der Waals surface area contributed by atoms with Crippen molar-refractivity contribution in [3.05, 3.63) is 0 Å². The van der Waals surface area contributed by atoms with Crippen LogP contribution in [0, 0.1) is 0 Å². The van der Waals surface area contributed by atoms with E-state index >= 15 is 0 Å². The van der Waals surface area contributed by atoms with E-state index in [1.165, 1.54) is 193 Å². The van der Waals surface area contributed by atoms with Crippen molar-refractivity contribution in [2.75, 3.05) is 20.1 Å². The van der Waals surface area contributed by atoms with Crippen LogP contribution in [0.3, 0.4) is 0 Å². The number of hydrazine groups is 1. The summed E-state index contributed by atoms with van der Waals surface area (Å²) in [6.07, 6.45) is 44.1. The maximum absolute atomic E-state index is 12.8. The number of amides is 1. The fraction of sp³-hybridized carbons (Fsp3) is 0.976. The lowest BCUT2D eigenvalue weighted by Gasteiger charge is -2.33. The molecule has 0 aliphatic heterocycles. The average Bonchev–Trinajstić information content (AvgIpc) is 3.02. The Labute approximate surface area is 290 Å². The summed E-state index contributed by atoms with van der Waals surface area (Å²) in [6.45, 7) is 12.4. The van der Waals surface area contributed by atoms with Gasteiger partial charge in [-0.25, -0.2) is 14.8 Å². The van der Waals surface area contributed by atoms with Crippen LogP contribution < -0.4 is 0 Å². The molecule has 0 N–H and O–H groups in total. The molecule has 0 fully saturated rings. The Morgan fingerprint density at radius 3 is 0.848 bits per heavy atom. The van der Waals surface area contributed by atoms with E-state index in [0.29, 0.717) is 0 Å². The third-order valence-corrected chi connectivity index (χ3v) is 9.62. The van der Waals surface area contributed by atoms with Gasteiger partial charge < -0.3 is 4.74 Å². The highest BCUT2D eigenvalue weighted by atomic mass is 16.6. The van der Waals surface area contributed by atoms with E-state index in [2.05, 4.69) is 18.9 Å². The van der Waals surface area contributed by atoms with Crippen molar-refractivity contribution in [2.24, 2.45) is 0 Å². The van der Waals surface area contributed by atoms with Gasteiger partial charge in [0.05, 0.1) is 0 Å². The molecule has 0 aromatic carbocycles. The predicted molar refractivity (Wildman–Crippen MR) is 205 cm³/mol. The Balaban J connectivity index is 3.96. The van der Waals surface area contributed by atoms with E-state index < -0.39 is 5.60 Å². The van der Waals surface area contributed by atoms with Crippen molar-refractivity contribution in [2.45, 2.75) is 246 Å². The van der Waals surface area contributed by atoms with Crippen LogP contribution in [0.5, 0.6) is 0 Å². The minimum atomic E-state index is -0.459. The molecule has 0 unspecified atom stereocenters. The first-order chi connectivity index (χ1) is 22.3. The summed E-state index contributed by atoms with van der Waals surface area (Å²) >= 11 is 0. The molecule has 0 saturated heterocycles. The number of rotatable bonds is 35. The van der Waals surface area contributed by atoms with Crippen molar-refractivity contribution in [3.63, 3.8) is 0 Å². The first-order valence-electron chi connectivity index (χ1n) is 21.0. The Kier molecular flexibility index (Phi) is 33.5. The minimum Gasteiger partial charge on any atom is -0.443 e. The molecule has 0 aliphatic rings. The smallest absolute Gasteiger partial charge is 0.424 e. The van der Waals surface area contributed by atoms with Gasteiger partial charge in [-0.2, -0.15) is 0 Å². The highest BCUT2D eigenvalue weighted by Gasteiger charge is 2.23. The van der Waals surface area contributed by atoms with Gasteiger partial charge in [-0.15, -0.1) is 0 Å². The number of carbonyl (C=O) groups is 1. The van der Waals surface area contributed by atoms with E-state index in [1.807, 2.05) is 27.8 Å². The molecule has 0 bridgehead atoms. The van der Waals surface area contributed by atoms with Gasteiger partial charge in [0.1, 0.15) is 5.60 Å². The molecule has 0 spiro atoms. The van der Waals surface area contributed by atoms with Crippen LogP contribution in [0.25, 0.3) is 0 Å². The molecule has 0 aliphatic carbocycles. The lowest BCUT2D eigenvalue weighted by Crippen LogP contribution is -2.47. The lowest BCUT2D eigenvalue weighted by atomic mass is 10.0. The second kappa shape index (κ2) is 34.1. The van der Waals surface area contributed by atoms with Gasteiger partial charge in [0, 0.05) is 20.1 Å². The summed E-state index contributed by atoms with van der Waals surface area (Å²) in [5.41, 5.74) is -0.459. The molecule has 46 heavy (non-hydrogen) atoms. The normalized spacial score (nSPS) is 11.9. The summed E-state index contributed by atoms with van der Waals surface area (Å²) < 4.78 is 5.69. The van der Waals surface area contributed by atoms with Crippen LogP contribution in [0.4, 0.5) is 4.79 Å². The zero-order valence-electron chi connectivity index (χ0n) is 32.8. The lowest BCUT2D eigenvalue weighted by molar-refractivity contribution is -0.0390. The maximum Gasteiger partial charge on any atom is 0.424 e. The molecule has 276 valence electrons.